The minimum Gasteiger partial charge on any atom is -0.270 e. The quantitative estimate of drug-likeness (QED) is 0.696. The van der Waals surface area contributed by atoms with Gasteiger partial charge in [0.2, 0.25) is 9.84 Å². The third-order valence-electron chi connectivity index (χ3n) is 3.40. The molecule has 0 radical (unpaired) electrons. The molecule has 0 bridgehead atoms. The SMILES string of the molecule is CCn1ncnc1CS(=O)(=O)c1nnc(C)n1-c1ccccc1. The summed E-state index contributed by atoms with van der Waals surface area (Å²) in [4.78, 5) is 4.02. The van der Waals surface area contributed by atoms with E-state index in [1.54, 1.807) is 11.6 Å². The van der Waals surface area contributed by atoms with E-state index < -0.39 is 9.84 Å². The maximum Gasteiger partial charge on any atom is 0.254 e. The van der Waals surface area contributed by atoms with Gasteiger partial charge in [0.25, 0.3) is 5.16 Å². The Morgan fingerprint density at radius 2 is 1.87 bits per heavy atom. The van der Waals surface area contributed by atoms with Crippen molar-refractivity contribution in [3.8, 4) is 5.69 Å². The maximum absolute atomic E-state index is 12.8. The molecule has 2 heterocycles. The maximum atomic E-state index is 12.8. The molecule has 8 nitrogen and oxygen atoms in total. The zero-order valence-electron chi connectivity index (χ0n) is 12.8. The van der Waals surface area contributed by atoms with Crippen LogP contribution in [-0.4, -0.2) is 37.9 Å². The Morgan fingerprint density at radius 3 is 2.57 bits per heavy atom. The van der Waals surface area contributed by atoms with Gasteiger partial charge in [0.05, 0.1) is 0 Å². The van der Waals surface area contributed by atoms with Crippen LogP contribution in [0, 0.1) is 6.92 Å². The van der Waals surface area contributed by atoms with Crippen molar-refractivity contribution in [3.05, 3.63) is 48.3 Å². The van der Waals surface area contributed by atoms with Gasteiger partial charge < -0.3 is 0 Å². The lowest BCUT2D eigenvalue weighted by Crippen LogP contribution is -2.16. The van der Waals surface area contributed by atoms with Crippen molar-refractivity contribution in [1.29, 1.82) is 0 Å². The van der Waals surface area contributed by atoms with E-state index in [9.17, 15) is 8.42 Å². The van der Waals surface area contributed by atoms with Gasteiger partial charge in [-0.1, -0.05) is 18.2 Å². The average molecular weight is 332 g/mol. The number of nitrogens with zero attached hydrogens (tertiary/aromatic N) is 6. The second kappa shape index (κ2) is 5.92. The molecule has 1 aromatic carbocycles. The molecule has 0 N–H and O–H groups in total. The summed E-state index contributed by atoms with van der Waals surface area (Å²) in [5, 5.41) is 11.7. The van der Waals surface area contributed by atoms with Crippen molar-refractivity contribution < 1.29 is 8.42 Å². The van der Waals surface area contributed by atoms with Crippen LogP contribution in [0.5, 0.6) is 0 Å². The predicted molar refractivity (Wildman–Crippen MR) is 82.7 cm³/mol. The zero-order chi connectivity index (χ0) is 16.4. The topological polar surface area (TPSA) is 95.6 Å². The predicted octanol–water partition coefficient (Wildman–Crippen LogP) is 1.16. The average Bonchev–Trinajstić information content (AvgIpc) is 3.14. The van der Waals surface area contributed by atoms with E-state index in [0.29, 0.717) is 23.9 Å². The summed E-state index contributed by atoms with van der Waals surface area (Å²) in [5.74, 6) is 0.616. The summed E-state index contributed by atoms with van der Waals surface area (Å²) in [5.41, 5.74) is 0.700. The molecule has 0 amide bonds. The first-order valence-corrected chi connectivity index (χ1v) is 8.75. The van der Waals surface area contributed by atoms with Crippen LogP contribution in [0.25, 0.3) is 5.69 Å². The van der Waals surface area contributed by atoms with Gasteiger partial charge in [-0.2, -0.15) is 5.10 Å². The van der Waals surface area contributed by atoms with Crippen molar-refractivity contribution in [2.45, 2.75) is 31.3 Å². The molecule has 0 aliphatic carbocycles. The number of hydrogen-bond donors (Lipinski definition) is 0. The second-order valence-corrected chi connectivity index (χ2v) is 6.84. The van der Waals surface area contributed by atoms with Gasteiger partial charge in [-0.25, -0.2) is 18.1 Å². The van der Waals surface area contributed by atoms with Crippen LogP contribution in [-0.2, 0) is 22.1 Å². The molecule has 2 aromatic heterocycles. The van der Waals surface area contributed by atoms with Crippen molar-refractivity contribution in [3.63, 3.8) is 0 Å². The monoisotopic (exact) mass is 332 g/mol. The Labute approximate surface area is 133 Å². The molecule has 0 aliphatic heterocycles. The highest BCUT2D eigenvalue weighted by Gasteiger charge is 2.26. The molecule has 0 atom stereocenters. The normalized spacial score (nSPS) is 11.7. The van der Waals surface area contributed by atoms with Crippen molar-refractivity contribution >= 4 is 9.84 Å². The second-order valence-electron chi connectivity index (χ2n) is 4.95. The fourth-order valence-electron chi connectivity index (χ4n) is 2.32. The minimum absolute atomic E-state index is 0.0909. The summed E-state index contributed by atoms with van der Waals surface area (Å²) in [6, 6.07) is 9.15. The molecule has 23 heavy (non-hydrogen) atoms. The Hall–Kier alpha value is -2.55. The number of rotatable bonds is 5. The van der Waals surface area contributed by atoms with Crippen LogP contribution in [0.3, 0.4) is 0 Å². The van der Waals surface area contributed by atoms with Gasteiger partial charge in [0, 0.05) is 12.2 Å². The van der Waals surface area contributed by atoms with Crippen LogP contribution in [0.1, 0.15) is 18.6 Å². The molecular weight excluding hydrogens is 316 g/mol. The highest BCUT2D eigenvalue weighted by Crippen LogP contribution is 2.19. The Balaban J connectivity index is 2.05. The van der Waals surface area contributed by atoms with Gasteiger partial charge in [0.15, 0.2) is 0 Å². The molecule has 0 saturated carbocycles. The molecule has 120 valence electrons. The van der Waals surface area contributed by atoms with Crippen LogP contribution in [0.4, 0.5) is 0 Å². The van der Waals surface area contributed by atoms with Crippen molar-refractivity contribution in [1.82, 2.24) is 29.5 Å². The van der Waals surface area contributed by atoms with E-state index in [4.69, 9.17) is 0 Å². The van der Waals surface area contributed by atoms with E-state index in [2.05, 4.69) is 20.3 Å². The molecule has 0 aliphatic rings. The number of hydrogen-bond acceptors (Lipinski definition) is 6. The summed E-state index contributed by atoms with van der Waals surface area (Å²) in [6.07, 6.45) is 1.35. The number of aromatic nitrogens is 6. The first kappa shape index (κ1) is 15.3. The Morgan fingerprint density at radius 1 is 1.13 bits per heavy atom. The molecular formula is C14H16N6O2S. The summed E-state index contributed by atoms with van der Waals surface area (Å²) >= 11 is 0. The van der Waals surface area contributed by atoms with E-state index in [-0.39, 0.29) is 10.9 Å². The van der Waals surface area contributed by atoms with Crippen LogP contribution in [0.15, 0.2) is 41.8 Å². The molecule has 3 aromatic rings. The fraction of sp³-hybridized carbons (Fsp3) is 0.286. The van der Waals surface area contributed by atoms with Gasteiger partial charge in [0.1, 0.15) is 23.7 Å². The molecule has 3 rings (SSSR count). The van der Waals surface area contributed by atoms with E-state index in [0.717, 1.165) is 0 Å². The Bertz CT molecular complexity index is 914. The molecule has 0 saturated heterocycles. The fourth-order valence-corrected chi connectivity index (χ4v) is 3.69. The summed E-state index contributed by atoms with van der Waals surface area (Å²) in [6.45, 7) is 4.14. The third kappa shape index (κ3) is 2.87. The van der Waals surface area contributed by atoms with Gasteiger partial charge >= 0.3 is 0 Å². The van der Waals surface area contributed by atoms with E-state index >= 15 is 0 Å². The number of sulfone groups is 1. The summed E-state index contributed by atoms with van der Waals surface area (Å²) < 4.78 is 28.6. The van der Waals surface area contributed by atoms with Crippen LogP contribution < -0.4 is 0 Å². The van der Waals surface area contributed by atoms with E-state index in [1.165, 1.54) is 10.9 Å². The number of benzene rings is 1. The summed E-state index contributed by atoms with van der Waals surface area (Å²) in [7, 11) is -3.71. The molecule has 0 spiro atoms. The molecule has 0 fully saturated rings. The van der Waals surface area contributed by atoms with Gasteiger partial charge in [-0.05, 0) is 26.0 Å². The highest BCUT2D eigenvalue weighted by molar-refractivity contribution is 7.90. The lowest BCUT2D eigenvalue weighted by atomic mass is 10.3. The number of para-hydroxylation sites is 1. The Kier molecular flexibility index (Phi) is 3.95. The zero-order valence-corrected chi connectivity index (χ0v) is 13.6. The molecule has 0 unspecified atom stereocenters. The van der Waals surface area contributed by atoms with Crippen molar-refractivity contribution in [2.75, 3.05) is 0 Å². The first-order chi connectivity index (χ1) is 11.0. The minimum atomic E-state index is -3.71. The largest absolute Gasteiger partial charge is 0.270 e. The lowest BCUT2D eigenvalue weighted by molar-refractivity contribution is 0.572. The lowest BCUT2D eigenvalue weighted by Gasteiger charge is -2.09. The highest BCUT2D eigenvalue weighted by atomic mass is 32.2. The van der Waals surface area contributed by atoms with Gasteiger partial charge in [-0.15, -0.1) is 10.2 Å². The third-order valence-corrected chi connectivity index (χ3v) is 4.86. The molecule has 9 heteroatoms. The first-order valence-electron chi connectivity index (χ1n) is 7.10. The van der Waals surface area contributed by atoms with E-state index in [1.807, 2.05) is 37.3 Å². The van der Waals surface area contributed by atoms with Crippen LogP contribution in [0.2, 0.25) is 0 Å². The number of aryl methyl sites for hydroxylation is 2. The van der Waals surface area contributed by atoms with Gasteiger partial charge in [-0.3, -0.25) is 4.57 Å². The standard InChI is InChI=1S/C14H16N6O2S/c1-3-19-13(15-10-16-19)9-23(21,22)14-18-17-11(2)20(14)12-7-5-4-6-8-12/h4-8,10H,3,9H2,1-2H3. The van der Waals surface area contributed by atoms with Crippen molar-refractivity contribution in [2.24, 2.45) is 0 Å². The van der Waals surface area contributed by atoms with Crippen LogP contribution >= 0.6 is 0 Å². The smallest absolute Gasteiger partial charge is 0.254 e.